The van der Waals surface area contributed by atoms with Crippen LogP contribution in [0.1, 0.15) is 41.1 Å². The Labute approximate surface area is 244 Å². The van der Waals surface area contributed by atoms with Gasteiger partial charge in [-0.25, -0.2) is 0 Å². The molecule has 2 aromatic heterocycles. The molecule has 3 heterocycles. The minimum Gasteiger partial charge on any atom is -0.503 e. The average molecular weight is 584 g/mol. The van der Waals surface area contributed by atoms with Crippen LogP contribution in [0.2, 0.25) is 0 Å². The van der Waals surface area contributed by atoms with Crippen molar-refractivity contribution < 1.29 is 23.8 Å². The quantitative estimate of drug-likeness (QED) is 0.105. The number of carbonyl (C=O) groups is 2. The number of fused-ring (bicyclic) bond motifs is 1. The topological polar surface area (TPSA) is 106 Å². The van der Waals surface area contributed by atoms with Crippen LogP contribution in [0.5, 0.6) is 5.75 Å². The van der Waals surface area contributed by atoms with E-state index in [0.29, 0.717) is 33.6 Å². The van der Waals surface area contributed by atoms with E-state index in [1.54, 1.807) is 36.4 Å². The normalized spacial score (nSPS) is 15.2. The lowest BCUT2D eigenvalue weighted by molar-refractivity contribution is -0.117. The second-order valence-corrected chi connectivity index (χ2v) is 11.5. The highest BCUT2D eigenvalue weighted by Gasteiger charge is 2.46. The smallest absolute Gasteiger partial charge is 0.296 e. The van der Waals surface area contributed by atoms with Gasteiger partial charge in [-0.15, -0.1) is 10.2 Å². The van der Waals surface area contributed by atoms with Crippen molar-refractivity contribution in [3.8, 4) is 5.75 Å². The number of aromatic nitrogens is 2. The van der Waals surface area contributed by atoms with Crippen LogP contribution in [-0.4, -0.2) is 33.6 Å². The van der Waals surface area contributed by atoms with E-state index in [-0.39, 0.29) is 16.5 Å². The highest BCUT2D eigenvalue weighted by atomic mass is 32.2. The molecule has 1 atom stereocenters. The summed E-state index contributed by atoms with van der Waals surface area (Å²) in [5.41, 5.74) is 2.20. The van der Waals surface area contributed by atoms with Gasteiger partial charge < -0.3 is 14.3 Å². The molecule has 41 heavy (non-hydrogen) atoms. The van der Waals surface area contributed by atoms with Crippen molar-refractivity contribution in [2.24, 2.45) is 0 Å². The number of carbonyl (C=O) groups excluding carboxylic acids is 2. The fraction of sp³-hybridized carbons (Fsp3) is 0.161. The van der Waals surface area contributed by atoms with Gasteiger partial charge in [0.25, 0.3) is 5.91 Å². The SMILES string of the molecule is CCCOc1ccc(C2C(C(=O)c3cc4ccccc4o3)=C(O)C(=O)N2c2nnc(SCc3ccccc3)s2)cc1. The van der Waals surface area contributed by atoms with Gasteiger partial charge in [-0.1, -0.05) is 90.7 Å². The summed E-state index contributed by atoms with van der Waals surface area (Å²) in [5.74, 6) is -0.552. The summed E-state index contributed by atoms with van der Waals surface area (Å²) in [6.45, 7) is 2.59. The molecule has 1 unspecified atom stereocenters. The van der Waals surface area contributed by atoms with Crippen molar-refractivity contribution in [1.29, 1.82) is 0 Å². The Morgan fingerprint density at radius 1 is 1.05 bits per heavy atom. The third-order valence-corrected chi connectivity index (χ3v) is 8.70. The molecule has 0 spiro atoms. The van der Waals surface area contributed by atoms with Crippen LogP contribution in [-0.2, 0) is 10.5 Å². The van der Waals surface area contributed by atoms with Crippen molar-refractivity contribution >= 4 is 50.9 Å². The maximum atomic E-state index is 13.9. The molecule has 206 valence electrons. The van der Waals surface area contributed by atoms with Crippen molar-refractivity contribution in [3.05, 3.63) is 113 Å². The largest absolute Gasteiger partial charge is 0.503 e. The highest BCUT2D eigenvalue weighted by Crippen LogP contribution is 2.44. The van der Waals surface area contributed by atoms with Gasteiger partial charge in [-0.2, -0.15) is 0 Å². The predicted octanol–water partition coefficient (Wildman–Crippen LogP) is 7.15. The van der Waals surface area contributed by atoms with E-state index in [0.717, 1.165) is 17.4 Å². The molecule has 0 bridgehead atoms. The summed E-state index contributed by atoms with van der Waals surface area (Å²) >= 11 is 2.73. The number of benzene rings is 3. The van der Waals surface area contributed by atoms with Gasteiger partial charge in [0.15, 0.2) is 15.9 Å². The number of para-hydroxylation sites is 1. The summed E-state index contributed by atoms with van der Waals surface area (Å²) in [6, 6.07) is 25.0. The Morgan fingerprint density at radius 2 is 1.80 bits per heavy atom. The van der Waals surface area contributed by atoms with Crippen molar-refractivity contribution in [2.45, 2.75) is 29.5 Å². The maximum Gasteiger partial charge on any atom is 0.296 e. The van der Waals surface area contributed by atoms with Crippen LogP contribution in [0.15, 0.2) is 105 Å². The zero-order valence-corrected chi connectivity index (χ0v) is 23.7. The van der Waals surface area contributed by atoms with E-state index in [2.05, 4.69) is 10.2 Å². The number of ketones is 1. The summed E-state index contributed by atoms with van der Waals surface area (Å²) in [4.78, 5) is 28.7. The lowest BCUT2D eigenvalue weighted by Gasteiger charge is -2.24. The Morgan fingerprint density at radius 3 is 2.56 bits per heavy atom. The first-order valence-electron chi connectivity index (χ1n) is 13.1. The number of hydrogen-bond donors (Lipinski definition) is 1. The fourth-order valence-corrected chi connectivity index (χ4v) is 6.44. The van der Waals surface area contributed by atoms with E-state index in [9.17, 15) is 14.7 Å². The average Bonchev–Trinajstić information content (AvgIpc) is 3.72. The second kappa shape index (κ2) is 11.6. The first kappa shape index (κ1) is 26.8. The summed E-state index contributed by atoms with van der Waals surface area (Å²) in [7, 11) is 0. The molecule has 0 radical (unpaired) electrons. The van der Waals surface area contributed by atoms with Crippen LogP contribution in [0.4, 0.5) is 5.13 Å². The molecule has 1 aliphatic rings. The van der Waals surface area contributed by atoms with Gasteiger partial charge in [0.2, 0.25) is 10.9 Å². The number of anilines is 1. The van der Waals surface area contributed by atoms with E-state index < -0.39 is 23.5 Å². The number of rotatable bonds is 10. The van der Waals surface area contributed by atoms with Crippen LogP contribution < -0.4 is 9.64 Å². The zero-order valence-electron chi connectivity index (χ0n) is 22.0. The van der Waals surface area contributed by atoms with E-state index in [1.165, 1.54) is 28.0 Å². The molecule has 0 saturated carbocycles. The Balaban J connectivity index is 1.36. The second-order valence-electron chi connectivity index (χ2n) is 9.36. The molecule has 10 heteroatoms. The maximum absolute atomic E-state index is 13.9. The van der Waals surface area contributed by atoms with E-state index in [4.69, 9.17) is 9.15 Å². The van der Waals surface area contributed by atoms with Gasteiger partial charge in [-0.05, 0) is 41.8 Å². The lowest BCUT2D eigenvalue weighted by Crippen LogP contribution is -2.31. The fourth-order valence-electron chi connectivity index (χ4n) is 4.62. The summed E-state index contributed by atoms with van der Waals surface area (Å²) in [6.07, 6.45) is 0.862. The molecule has 3 aromatic carbocycles. The molecular weight excluding hydrogens is 558 g/mol. The molecule has 1 N–H and O–H groups in total. The molecular formula is C31H25N3O5S2. The number of thioether (sulfide) groups is 1. The van der Waals surface area contributed by atoms with Crippen LogP contribution in [0.3, 0.4) is 0 Å². The lowest BCUT2D eigenvalue weighted by atomic mass is 9.95. The first-order chi connectivity index (χ1) is 20.0. The van der Waals surface area contributed by atoms with Gasteiger partial charge in [0.1, 0.15) is 11.3 Å². The third kappa shape index (κ3) is 5.36. The standard InChI is InChI=1S/C31H25N3O5S2/c1-2-16-38-22-14-12-20(13-15-22)26-25(27(35)24-17-21-10-6-7-11-23(21)39-24)28(36)29(37)34(26)30-32-33-31(41-30)40-18-19-8-4-3-5-9-19/h3-15,17,26,36H,2,16,18H2,1H3. The van der Waals surface area contributed by atoms with Gasteiger partial charge in [0, 0.05) is 11.1 Å². The molecule has 5 aromatic rings. The van der Waals surface area contributed by atoms with Crippen molar-refractivity contribution in [2.75, 3.05) is 11.5 Å². The number of aliphatic hydroxyl groups excluding tert-OH is 1. The molecule has 1 aliphatic heterocycles. The van der Waals surface area contributed by atoms with Crippen molar-refractivity contribution in [3.63, 3.8) is 0 Å². The molecule has 8 nitrogen and oxygen atoms in total. The Hall–Kier alpha value is -4.41. The number of furan rings is 1. The molecule has 6 rings (SSSR count). The third-order valence-electron chi connectivity index (χ3n) is 6.58. The predicted molar refractivity (Wildman–Crippen MR) is 159 cm³/mol. The molecule has 1 amide bonds. The number of nitrogens with zero attached hydrogens (tertiary/aromatic N) is 3. The van der Waals surface area contributed by atoms with Gasteiger partial charge in [0.05, 0.1) is 18.2 Å². The minimum atomic E-state index is -0.941. The molecule has 0 fully saturated rings. The number of aliphatic hydroxyl groups is 1. The van der Waals surface area contributed by atoms with Crippen LogP contribution in [0.25, 0.3) is 11.0 Å². The summed E-state index contributed by atoms with van der Waals surface area (Å²) < 4.78 is 12.2. The van der Waals surface area contributed by atoms with Gasteiger partial charge >= 0.3 is 0 Å². The zero-order chi connectivity index (χ0) is 28.3. The van der Waals surface area contributed by atoms with E-state index in [1.807, 2.05) is 55.5 Å². The minimum absolute atomic E-state index is 0.0340. The Kier molecular flexibility index (Phi) is 7.58. The van der Waals surface area contributed by atoms with Crippen LogP contribution >= 0.6 is 23.1 Å². The number of hydrogen-bond acceptors (Lipinski definition) is 9. The summed E-state index contributed by atoms with van der Waals surface area (Å²) in [5, 5.41) is 20.7. The number of amides is 1. The number of Topliss-reactive ketones (excluding diaryl/α,β-unsaturated/α-hetero) is 1. The van der Waals surface area contributed by atoms with Crippen molar-refractivity contribution in [1.82, 2.24) is 10.2 Å². The Bertz CT molecular complexity index is 1710. The number of ether oxygens (including phenoxy) is 1. The molecule has 0 saturated heterocycles. The molecule has 0 aliphatic carbocycles. The first-order valence-corrected chi connectivity index (χ1v) is 14.9. The van der Waals surface area contributed by atoms with Crippen LogP contribution in [0, 0.1) is 0 Å². The monoisotopic (exact) mass is 583 g/mol. The van der Waals surface area contributed by atoms with E-state index >= 15 is 0 Å². The van der Waals surface area contributed by atoms with Gasteiger partial charge in [-0.3, -0.25) is 14.5 Å². The highest BCUT2D eigenvalue weighted by molar-refractivity contribution is 8.00.